The molecule has 1 heterocycles. The maximum absolute atomic E-state index is 14.2. The van der Waals surface area contributed by atoms with E-state index in [2.05, 4.69) is 9.84 Å². The Kier molecular flexibility index (Phi) is 5.90. The van der Waals surface area contributed by atoms with E-state index in [9.17, 15) is 17.6 Å². The average molecular weight is 415 g/mol. The predicted molar refractivity (Wildman–Crippen MR) is 97.7 cm³/mol. The molecule has 0 aliphatic rings. The zero-order valence-corrected chi connectivity index (χ0v) is 15.1. The molecule has 0 aliphatic heterocycles. The number of aliphatic hydroxyl groups excluding tert-OH is 1. The van der Waals surface area contributed by atoms with E-state index in [1.54, 1.807) is 12.2 Å². The number of hydrogen-bond donors (Lipinski definition) is 1. The molecule has 0 saturated heterocycles. The highest BCUT2D eigenvalue weighted by molar-refractivity contribution is 6.30. The maximum atomic E-state index is 14.2. The number of halogens is 5. The van der Waals surface area contributed by atoms with Crippen molar-refractivity contribution in [2.45, 2.75) is 19.3 Å². The number of aromatic nitrogens is 2. The number of fused-ring (bicyclic) bond motifs is 1. The van der Waals surface area contributed by atoms with E-state index < -0.39 is 17.9 Å². The van der Waals surface area contributed by atoms with Crippen LogP contribution < -0.4 is 4.74 Å². The van der Waals surface area contributed by atoms with Crippen molar-refractivity contribution in [3.8, 4) is 5.75 Å². The second-order valence-corrected chi connectivity index (χ2v) is 6.36. The summed E-state index contributed by atoms with van der Waals surface area (Å²) in [5.74, 6) is -0.945. The van der Waals surface area contributed by atoms with Crippen LogP contribution in [0.2, 0.25) is 5.02 Å². The second-order valence-electron chi connectivity index (χ2n) is 5.92. The number of nitrogens with zero attached hydrogens (tertiary/aromatic N) is 2. The fourth-order valence-corrected chi connectivity index (χ4v) is 2.86. The standard InChI is InChI=1S/C19H15ClF4N2O2/c20-13-5-4-12(16(21)9-13)11-26-18-10-14(28-19(22,23)24)6-7-15(18)17(25-26)3-1-2-8-27/h1,3-7,9-10,27H,2,8,11H2. The fourth-order valence-electron chi connectivity index (χ4n) is 2.70. The molecule has 3 rings (SSSR count). The van der Waals surface area contributed by atoms with Gasteiger partial charge in [-0.2, -0.15) is 5.10 Å². The van der Waals surface area contributed by atoms with Crippen molar-refractivity contribution in [2.24, 2.45) is 0 Å². The minimum Gasteiger partial charge on any atom is -0.406 e. The van der Waals surface area contributed by atoms with Crippen LogP contribution in [0, 0.1) is 5.82 Å². The van der Waals surface area contributed by atoms with Gasteiger partial charge in [0.2, 0.25) is 0 Å². The van der Waals surface area contributed by atoms with Crippen LogP contribution in [-0.2, 0) is 6.54 Å². The summed E-state index contributed by atoms with van der Waals surface area (Å²) >= 11 is 5.76. The van der Waals surface area contributed by atoms with Gasteiger partial charge in [-0.15, -0.1) is 13.2 Å². The Morgan fingerprint density at radius 1 is 1.18 bits per heavy atom. The third-order valence-electron chi connectivity index (χ3n) is 3.89. The molecule has 0 fully saturated rings. The molecule has 0 atom stereocenters. The largest absolute Gasteiger partial charge is 0.573 e. The molecule has 0 saturated carbocycles. The maximum Gasteiger partial charge on any atom is 0.573 e. The summed E-state index contributed by atoms with van der Waals surface area (Å²) in [6.07, 6.45) is -1.09. The zero-order valence-electron chi connectivity index (χ0n) is 14.4. The average Bonchev–Trinajstić information content (AvgIpc) is 2.93. The number of benzene rings is 2. The van der Waals surface area contributed by atoms with E-state index in [4.69, 9.17) is 16.7 Å². The Hall–Kier alpha value is -2.58. The zero-order chi connectivity index (χ0) is 20.3. The van der Waals surface area contributed by atoms with Crippen molar-refractivity contribution < 1.29 is 27.4 Å². The molecule has 0 radical (unpaired) electrons. The van der Waals surface area contributed by atoms with Crippen LogP contribution in [0.4, 0.5) is 17.6 Å². The Labute approximate surface area is 162 Å². The van der Waals surface area contributed by atoms with Gasteiger partial charge in [-0.1, -0.05) is 23.7 Å². The van der Waals surface area contributed by atoms with Gasteiger partial charge >= 0.3 is 6.36 Å². The van der Waals surface area contributed by atoms with Gasteiger partial charge in [0.1, 0.15) is 11.6 Å². The highest BCUT2D eigenvalue weighted by atomic mass is 35.5. The third-order valence-corrected chi connectivity index (χ3v) is 4.13. The molecule has 1 aromatic heterocycles. The van der Waals surface area contributed by atoms with E-state index in [1.807, 2.05) is 0 Å². The Balaban J connectivity index is 2.06. The van der Waals surface area contributed by atoms with Gasteiger partial charge in [0.05, 0.1) is 17.8 Å². The van der Waals surface area contributed by atoms with Crippen LogP contribution in [0.15, 0.2) is 42.5 Å². The second kappa shape index (κ2) is 8.20. The molecule has 4 nitrogen and oxygen atoms in total. The molecule has 0 spiro atoms. The molecule has 28 heavy (non-hydrogen) atoms. The summed E-state index contributed by atoms with van der Waals surface area (Å²) in [5, 5.41) is 14.1. The summed E-state index contributed by atoms with van der Waals surface area (Å²) in [6, 6.07) is 8.01. The van der Waals surface area contributed by atoms with Gasteiger partial charge in [-0.25, -0.2) is 4.39 Å². The van der Waals surface area contributed by atoms with E-state index >= 15 is 0 Å². The minimum atomic E-state index is -4.83. The van der Waals surface area contributed by atoms with Crippen LogP contribution in [0.5, 0.6) is 5.75 Å². The normalized spacial score (nSPS) is 12.2. The summed E-state index contributed by atoms with van der Waals surface area (Å²) in [4.78, 5) is 0. The number of aliphatic hydroxyl groups is 1. The molecule has 2 aromatic carbocycles. The van der Waals surface area contributed by atoms with Crippen molar-refractivity contribution in [1.82, 2.24) is 9.78 Å². The Morgan fingerprint density at radius 2 is 1.96 bits per heavy atom. The molecule has 0 bridgehead atoms. The van der Waals surface area contributed by atoms with Crippen LogP contribution in [-0.4, -0.2) is 27.9 Å². The van der Waals surface area contributed by atoms with Gasteiger partial charge in [-0.3, -0.25) is 4.68 Å². The van der Waals surface area contributed by atoms with Crippen LogP contribution >= 0.6 is 11.6 Å². The highest BCUT2D eigenvalue weighted by Crippen LogP contribution is 2.29. The van der Waals surface area contributed by atoms with Crippen molar-refractivity contribution in [2.75, 3.05) is 6.61 Å². The molecular weight excluding hydrogens is 400 g/mol. The first-order chi connectivity index (χ1) is 13.3. The number of alkyl halides is 3. The summed E-state index contributed by atoms with van der Waals surface area (Å²) in [5.41, 5.74) is 1.11. The molecule has 1 N–H and O–H groups in total. The van der Waals surface area contributed by atoms with Crippen LogP contribution in [0.1, 0.15) is 17.7 Å². The lowest BCUT2D eigenvalue weighted by atomic mass is 10.1. The monoisotopic (exact) mass is 414 g/mol. The van der Waals surface area contributed by atoms with E-state index in [1.165, 1.54) is 35.0 Å². The smallest absolute Gasteiger partial charge is 0.406 e. The SMILES string of the molecule is OCCC=Cc1nn(Cc2ccc(Cl)cc2F)c2cc(OC(F)(F)F)ccc12. The van der Waals surface area contributed by atoms with Crippen molar-refractivity contribution in [1.29, 1.82) is 0 Å². The van der Waals surface area contributed by atoms with Crippen LogP contribution in [0.25, 0.3) is 17.0 Å². The van der Waals surface area contributed by atoms with Crippen molar-refractivity contribution in [3.05, 3.63) is 64.6 Å². The first kappa shape index (κ1) is 20.2. The van der Waals surface area contributed by atoms with Gasteiger partial charge in [-0.05, 0) is 36.8 Å². The van der Waals surface area contributed by atoms with Crippen LogP contribution in [0.3, 0.4) is 0 Å². The quantitative estimate of drug-likeness (QED) is 0.566. The van der Waals surface area contributed by atoms with Gasteiger partial charge in [0.25, 0.3) is 0 Å². The molecule has 0 unspecified atom stereocenters. The topological polar surface area (TPSA) is 47.3 Å². The van der Waals surface area contributed by atoms with Crippen molar-refractivity contribution >= 4 is 28.6 Å². The first-order valence-electron chi connectivity index (χ1n) is 8.24. The molecule has 9 heteroatoms. The Bertz CT molecular complexity index is 1020. The summed E-state index contributed by atoms with van der Waals surface area (Å²) in [7, 11) is 0. The summed E-state index contributed by atoms with van der Waals surface area (Å²) in [6.45, 7) is -0.0580. The number of hydrogen-bond acceptors (Lipinski definition) is 3. The first-order valence-corrected chi connectivity index (χ1v) is 8.62. The van der Waals surface area contributed by atoms with E-state index in [0.717, 1.165) is 6.07 Å². The fraction of sp³-hybridized carbons (Fsp3) is 0.211. The van der Waals surface area contributed by atoms with Gasteiger partial charge < -0.3 is 9.84 Å². The molecular formula is C19H15ClF4N2O2. The number of rotatable bonds is 6. The van der Waals surface area contributed by atoms with E-state index in [0.29, 0.717) is 23.0 Å². The predicted octanol–water partition coefficient (Wildman–Crippen LogP) is 5.17. The minimum absolute atomic E-state index is 0.0111. The molecule has 3 aromatic rings. The van der Waals surface area contributed by atoms with Gasteiger partial charge in [0.15, 0.2) is 0 Å². The number of ether oxygens (including phenoxy) is 1. The Morgan fingerprint density at radius 3 is 2.64 bits per heavy atom. The lowest BCUT2D eigenvalue weighted by Gasteiger charge is -2.10. The van der Waals surface area contributed by atoms with E-state index in [-0.39, 0.29) is 23.7 Å². The lowest BCUT2D eigenvalue weighted by molar-refractivity contribution is -0.274. The van der Waals surface area contributed by atoms with Gasteiger partial charge in [0, 0.05) is 28.6 Å². The third kappa shape index (κ3) is 4.82. The summed E-state index contributed by atoms with van der Waals surface area (Å²) < 4.78 is 57.2. The molecule has 0 amide bonds. The molecule has 148 valence electrons. The van der Waals surface area contributed by atoms with Crippen molar-refractivity contribution in [3.63, 3.8) is 0 Å². The molecule has 0 aliphatic carbocycles. The highest BCUT2D eigenvalue weighted by Gasteiger charge is 2.31. The lowest BCUT2D eigenvalue weighted by Crippen LogP contribution is -2.17.